The highest BCUT2D eigenvalue weighted by atomic mass is 16.5. The van der Waals surface area contributed by atoms with Crippen molar-refractivity contribution >= 4 is 0 Å². The SMILES string of the molecule is C=C1CC[C@@]2(O)[C@H]3Cc4c(C)cc(OCc5ccccc5)c5c4[C@@]2(CCN3C2CC2)[C@H]1O5. The lowest BCUT2D eigenvalue weighted by Crippen LogP contribution is -2.75. The maximum atomic E-state index is 12.5. The molecule has 0 amide bonds. The van der Waals surface area contributed by atoms with Crippen LogP contribution in [0, 0.1) is 6.92 Å². The fourth-order valence-corrected chi connectivity index (χ4v) is 7.43. The molecule has 1 spiro atoms. The van der Waals surface area contributed by atoms with Crippen molar-refractivity contribution in [1.82, 2.24) is 4.90 Å². The Bertz CT molecular complexity index is 1120. The van der Waals surface area contributed by atoms with Crippen molar-refractivity contribution in [3.8, 4) is 11.5 Å². The molecule has 1 N–H and O–H groups in total. The van der Waals surface area contributed by atoms with Gasteiger partial charge in [0.25, 0.3) is 0 Å². The maximum Gasteiger partial charge on any atom is 0.166 e. The van der Waals surface area contributed by atoms with E-state index in [2.05, 4.69) is 36.6 Å². The van der Waals surface area contributed by atoms with Crippen molar-refractivity contribution in [2.24, 2.45) is 0 Å². The highest BCUT2D eigenvalue weighted by Crippen LogP contribution is 2.67. The minimum Gasteiger partial charge on any atom is -0.485 e. The number of ether oxygens (including phenoxy) is 2. The lowest BCUT2D eigenvalue weighted by atomic mass is 9.48. The van der Waals surface area contributed by atoms with Crippen molar-refractivity contribution in [2.75, 3.05) is 6.54 Å². The zero-order valence-corrected chi connectivity index (χ0v) is 18.8. The van der Waals surface area contributed by atoms with E-state index in [-0.39, 0.29) is 12.1 Å². The summed E-state index contributed by atoms with van der Waals surface area (Å²) in [6.45, 7) is 8.18. The number of benzene rings is 2. The van der Waals surface area contributed by atoms with E-state index in [0.29, 0.717) is 12.6 Å². The quantitative estimate of drug-likeness (QED) is 0.730. The highest BCUT2D eigenvalue weighted by Gasteiger charge is 2.72. The molecule has 2 aromatic rings. The number of nitrogens with zero attached hydrogens (tertiary/aromatic N) is 1. The molecule has 2 saturated carbocycles. The summed E-state index contributed by atoms with van der Waals surface area (Å²) in [6.07, 6.45) is 5.85. The van der Waals surface area contributed by atoms with E-state index in [1.807, 2.05) is 18.2 Å². The van der Waals surface area contributed by atoms with Crippen LogP contribution in [-0.4, -0.2) is 40.3 Å². The van der Waals surface area contributed by atoms with Crippen LogP contribution in [0.3, 0.4) is 0 Å². The molecule has 4 heteroatoms. The number of hydrogen-bond acceptors (Lipinski definition) is 4. The third kappa shape index (κ3) is 2.30. The number of piperidine rings is 1. The number of aryl methyl sites for hydroxylation is 1. The molecule has 3 aliphatic carbocycles. The molecule has 2 heterocycles. The summed E-state index contributed by atoms with van der Waals surface area (Å²) >= 11 is 0. The van der Waals surface area contributed by atoms with Crippen LogP contribution >= 0.6 is 0 Å². The van der Waals surface area contributed by atoms with Crippen molar-refractivity contribution in [1.29, 1.82) is 0 Å². The molecule has 3 fully saturated rings. The van der Waals surface area contributed by atoms with Crippen LogP contribution in [0.1, 0.15) is 54.4 Å². The molecule has 5 aliphatic rings. The average Bonchev–Trinajstić information content (AvgIpc) is 3.56. The molecule has 4 nitrogen and oxygen atoms in total. The van der Waals surface area contributed by atoms with Crippen LogP contribution in [0.4, 0.5) is 0 Å². The summed E-state index contributed by atoms with van der Waals surface area (Å²) in [6, 6.07) is 13.3. The minimum atomic E-state index is -0.761. The molecule has 32 heavy (non-hydrogen) atoms. The summed E-state index contributed by atoms with van der Waals surface area (Å²) in [4.78, 5) is 2.64. The van der Waals surface area contributed by atoms with Gasteiger partial charge in [-0.15, -0.1) is 0 Å². The minimum absolute atomic E-state index is 0.153. The largest absolute Gasteiger partial charge is 0.485 e. The van der Waals surface area contributed by atoms with Gasteiger partial charge in [0, 0.05) is 17.6 Å². The molecule has 0 aromatic heterocycles. The van der Waals surface area contributed by atoms with Gasteiger partial charge in [-0.2, -0.15) is 0 Å². The van der Waals surface area contributed by atoms with E-state index in [4.69, 9.17) is 9.47 Å². The van der Waals surface area contributed by atoms with Crippen LogP contribution in [0.15, 0.2) is 48.6 Å². The molecule has 166 valence electrons. The highest BCUT2D eigenvalue weighted by molar-refractivity contribution is 5.66. The van der Waals surface area contributed by atoms with Gasteiger partial charge in [-0.3, -0.25) is 4.90 Å². The molecule has 2 bridgehead atoms. The Kier molecular flexibility index (Phi) is 3.83. The lowest BCUT2D eigenvalue weighted by Gasteiger charge is -2.63. The first-order valence-electron chi connectivity index (χ1n) is 12.2. The third-order valence-electron chi connectivity index (χ3n) is 9.04. The van der Waals surface area contributed by atoms with E-state index in [0.717, 1.165) is 54.9 Å². The Hall–Kier alpha value is -2.30. The Labute approximate surface area is 189 Å². The molecule has 0 unspecified atom stereocenters. The van der Waals surface area contributed by atoms with Gasteiger partial charge >= 0.3 is 0 Å². The first-order chi connectivity index (χ1) is 15.5. The predicted octanol–water partition coefficient (Wildman–Crippen LogP) is 4.45. The Balaban J connectivity index is 1.38. The molecule has 0 radical (unpaired) electrons. The first-order valence-corrected chi connectivity index (χ1v) is 12.2. The fraction of sp³-hybridized carbons (Fsp3) is 0.500. The summed E-state index contributed by atoms with van der Waals surface area (Å²) in [5, 5.41) is 12.5. The van der Waals surface area contributed by atoms with Gasteiger partial charge in [0.2, 0.25) is 0 Å². The average molecular weight is 430 g/mol. The van der Waals surface area contributed by atoms with Crippen LogP contribution in [-0.2, 0) is 18.4 Å². The Morgan fingerprint density at radius 2 is 2.03 bits per heavy atom. The molecule has 2 aliphatic heterocycles. The summed E-state index contributed by atoms with van der Waals surface area (Å²) in [7, 11) is 0. The smallest absolute Gasteiger partial charge is 0.166 e. The molecule has 4 atom stereocenters. The van der Waals surface area contributed by atoms with E-state index in [1.54, 1.807) is 0 Å². The van der Waals surface area contributed by atoms with Crippen molar-refractivity contribution < 1.29 is 14.6 Å². The second-order valence-electron chi connectivity index (χ2n) is 10.6. The molecule has 7 rings (SSSR count). The molecular formula is C28H31NO3. The second kappa shape index (κ2) is 6.39. The monoisotopic (exact) mass is 429 g/mol. The molecule has 1 saturated heterocycles. The van der Waals surface area contributed by atoms with Gasteiger partial charge in [-0.25, -0.2) is 0 Å². The summed E-state index contributed by atoms with van der Waals surface area (Å²) < 4.78 is 13.1. The van der Waals surface area contributed by atoms with Crippen LogP contribution in [0.25, 0.3) is 0 Å². The lowest BCUT2D eigenvalue weighted by molar-refractivity contribution is -0.175. The van der Waals surface area contributed by atoms with E-state index in [1.165, 1.54) is 29.5 Å². The van der Waals surface area contributed by atoms with Gasteiger partial charge in [0.15, 0.2) is 11.5 Å². The van der Waals surface area contributed by atoms with Crippen LogP contribution in [0.5, 0.6) is 11.5 Å². The van der Waals surface area contributed by atoms with Gasteiger partial charge in [-0.1, -0.05) is 36.9 Å². The first kappa shape index (κ1) is 19.2. The van der Waals surface area contributed by atoms with E-state index >= 15 is 0 Å². The number of hydrogen-bond donors (Lipinski definition) is 1. The number of aliphatic hydroxyl groups is 1. The Morgan fingerprint density at radius 3 is 2.81 bits per heavy atom. The fourth-order valence-electron chi connectivity index (χ4n) is 7.43. The summed E-state index contributed by atoms with van der Waals surface area (Å²) in [5.41, 5.74) is 4.99. The van der Waals surface area contributed by atoms with E-state index < -0.39 is 11.0 Å². The van der Waals surface area contributed by atoms with Crippen molar-refractivity contribution in [3.05, 3.63) is 70.8 Å². The van der Waals surface area contributed by atoms with Crippen LogP contribution < -0.4 is 9.47 Å². The standard InChI is InChI=1S/C28H31NO3/c1-17-10-11-28(30)23-15-21-18(2)14-22(31-16-19-6-4-3-5-7-19)25-24(21)27(28,26(17)32-25)12-13-29(23)20-8-9-20/h3-7,14,20,23,26,30H,1,8-13,15-16H2,2H3/t23-,26+,27+,28-/m1/s1. The second-order valence-corrected chi connectivity index (χ2v) is 10.6. The molecular weight excluding hydrogens is 398 g/mol. The third-order valence-corrected chi connectivity index (χ3v) is 9.04. The van der Waals surface area contributed by atoms with Gasteiger partial charge < -0.3 is 14.6 Å². The van der Waals surface area contributed by atoms with Crippen molar-refractivity contribution in [2.45, 2.75) is 81.3 Å². The van der Waals surface area contributed by atoms with Gasteiger partial charge in [0.05, 0.1) is 11.0 Å². The predicted molar refractivity (Wildman–Crippen MR) is 123 cm³/mol. The number of likely N-dealkylation sites (tertiary alicyclic amines) is 1. The van der Waals surface area contributed by atoms with Crippen molar-refractivity contribution in [3.63, 3.8) is 0 Å². The van der Waals surface area contributed by atoms with E-state index in [9.17, 15) is 5.11 Å². The zero-order valence-electron chi connectivity index (χ0n) is 18.8. The van der Waals surface area contributed by atoms with Crippen LogP contribution in [0.2, 0.25) is 0 Å². The number of rotatable bonds is 4. The topological polar surface area (TPSA) is 41.9 Å². The maximum absolute atomic E-state index is 12.5. The van der Waals surface area contributed by atoms with Gasteiger partial charge in [0.1, 0.15) is 12.7 Å². The van der Waals surface area contributed by atoms with Gasteiger partial charge in [-0.05, 0) is 80.3 Å². The summed E-state index contributed by atoms with van der Waals surface area (Å²) in [5.74, 6) is 1.68. The zero-order chi connectivity index (χ0) is 21.7. The molecule has 2 aromatic carbocycles. The normalized spacial score (nSPS) is 34.8. The Morgan fingerprint density at radius 1 is 1.22 bits per heavy atom.